The standard InChI is InChI=1S/C13H29NO3S.C3H2O2/c1-4-7-10-14(6-3,11-8-5-2)12-9-13-18(15,16)17;4-3-1-2-5-3/h4-13H2,1-3H3;1-2H. The van der Waals surface area contributed by atoms with Crippen molar-refractivity contribution < 1.29 is 27.0 Å². The first-order valence-corrected chi connectivity index (χ1v) is 10.0. The Morgan fingerprint density at radius 2 is 1.48 bits per heavy atom. The van der Waals surface area contributed by atoms with Gasteiger partial charge < -0.3 is 13.8 Å². The number of ether oxygens (including phenoxy) is 1. The van der Waals surface area contributed by atoms with Crippen LogP contribution >= 0.6 is 0 Å². The van der Waals surface area contributed by atoms with Gasteiger partial charge in [-0.05, 0) is 19.8 Å². The van der Waals surface area contributed by atoms with Crippen molar-refractivity contribution in [1.29, 1.82) is 0 Å². The van der Waals surface area contributed by atoms with E-state index in [1.807, 2.05) is 0 Å². The van der Waals surface area contributed by atoms with Crippen molar-refractivity contribution in [3.63, 3.8) is 0 Å². The summed E-state index contributed by atoms with van der Waals surface area (Å²) in [6.07, 6.45) is 7.86. The Labute approximate surface area is 140 Å². The van der Waals surface area contributed by atoms with E-state index < -0.39 is 10.1 Å². The molecule has 1 heterocycles. The van der Waals surface area contributed by atoms with Crippen LogP contribution in [0.4, 0.5) is 0 Å². The zero-order valence-corrected chi connectivity index (χ0v) is 15.4. The van der Waals surface area contributed by atoms with Gasteiger partial charge in [-0.3, -0.25) is 0 Å². The van der Waals surface area contributed by atoms with Crippen molar-refractivity contribution in [3.05, 3.63) is 12.3 Å². The van der Waals surface area contributed by atoms with Gasteiger partial charge in [0.2, 0.25) is 0 Å². The van der Waals surface area contributed by atoms with Crippen LogP contribution < -0.4 is 0 Å². The lowest BCUT2D eigenvalue weighted by molar-refractivity contribution is -0.927. The van der Waals surface area contributed by atoms with Gasteiger partial charge in [-0.1, -0.05) is 26.7 Å². The van der Waals surface area contributed by atoms with Crippen molar-refractivity contribution in [2.75, 3.05) is 31.9 Å². The Morgan fingerprint density at radius 3 is 1.74 bits per heavy atom. The molecule has 0 aliphatic carbocycles. The fourth-order valence-electron chi connectivity index (χ4n) is 2.50. The van der Waals surface area contributed by atoms with Gasteiger partial charge in [0.05, 0.1) is 42.4 Å². The van der Waals surface area contributed by atoms with E-state index in [1.165, 1.54) is 25.2 Å². The molecule has 1 aliphatic heterocycles. The molecule has 1 aliphatic rings. The Hall–Kier alpha value is -0.920. The van der Waals surface area contributed by atoms with Gasteiger partial charge in [0.25, 0.3) is 0 Å². The topological polar surface area (TPSA) is 83.5 Å². The van der Waals surface area contributed by atoms with E-state index in [0.717, 1.165) is 43.5 Å². The molecular weight excluding hydrogens is 318 g/mol. The normalized spacial score (nSPS) is 13.8. The summed E-state index contributed by atoms with van der Waals surface area (Å²) in [5.74, 6) is -0.462. The minimum Gasteiger partial charge on any atom is -0.748 e. The van der Waals surface area contributed by atoms with Crippen molar-refractivity contribution in [2.45, 2.75) is 52.9 Å². The molecule has 1 rings (SSSR count). The first-order chi connectivity index (χ1) is 10.8. The molecule has 0 fully saturated rings. The number of hydrogen-bond acceptors (Lipinski definition) is 5. The highest BCUT2D eigenvalue weighted by Gasteiger charge is 2.23. The van der Waals surface area contributed by atoms with Crippen molar-refractivity contribution in [3.8, 4) is 0 Å². The van der Waals surface area contributed by atoms with Gasteiger partial charge in [-0.15, -0.1) is 0 Å². The first-order valence-electron chi connectivity index (χ1n) is 8.44. The number of nitrogens with zero attached hydrogens (tertiary/aromatic N) is 1. The Balaban J connectivity index is 0.000000809. The maximum absolute atomic E-state index is 10.7. The highest BCUT2D eigenvalue weighted by atomic mass is 32.2. The quantitative estimate of drug-likeness (QED) is 0.325. The van der Waals surface area contributed by atoms with Crippen LogP contribution in [-0.2, 0) is 19.6 Å². The van der Waals surface area contributed by atoms with E-state index >= 15 is 0 Å². The minimum atomic E-state index is -4.06. The van der Waals surface area contributed by atoms with Crippen LogP contribution in [0, 0.1) is 0 Å². The summed E-state index contributed by atoms with van der Waals surface area (Å²) < 4.78 is 37.1. The van der Waals surface area contributed by atoms with Gasteiger partial charge >= 0.3 is 5.97 Å². The van der Waals surface area contributed by atoms with E-state index in [-0.39, 0.29) is 11.7 Å². The van der Waals surface area contributed by atoms with Crippen LogP contribution in [0.5, 0.6) is 0 Å². The predicted octanol–water partition coefficient (Wildman–Crippen LogP) is 2.42. The fraction of sp³-hybridized carbons (Fsp3) is 0.812. The van der Waals surface area contributed by atoms with Crippen molar-refractivity contribution in [2.24, 2.45) is 0 Å². The van der Waals surface area contributed by atoms with Crippen molar-refractivity contribution in [1.82, 2.24) is 0 Å². The third-order valence-electron chi connectivity index (χ3n) is 4.06. The molecular formula is C16H31NO5S. The maximum atomic E-state index is 10.7. The Kier molecular flexibility index (Phi) is 11.1. The minimum absolute atomic E-state index is 0.217. The van der Waals surface area contributed by atoms with E-state index in [1.54, 1.807) is 0 Å². The zero-order chi connectivity index (χ0) is 17.8. The zero-order valence-electron chi connectivity index (χ0n) is 14.6. The molecule has 0 saturated carbocycles. The van der Waals surface area contributed by atoms with Crippen LogP contribution in [0.2, 0.25) is 0 Å². The molecule has 0 N–H and O–H groups in total. The monoisotopic (exact) mass is 349 g/mol. The second kappa shape index (κ2) is 11.6. The van der Waals surface area contributed by atoms with Crippen LogP contribution in [0.3, 0.4) is 0 Å². The SMILES string of the molecule is CCCC[N+](CC)(CCCC)CCCS(=O)(=O)[O-].O=C1C=CO1. The molecule has 0 amide bonds. The molecule has 0 aromatic carbocycles. The molecule has 0 unspecified atom stereocenters. The summed E-state index contributed by atoms with van der Waals surface area (Å²) in [5.41, 5.74) is 0. The van der Waals surface area contributed by atoms with Gasteiger partial charge in [-0.2, -0.15) is 0 Å². The molecule has 0 radical (unpaired) electrons. The number of hydrogen-bond donors (Lipinski definition) is 0. The highest BCUT2D eigenvalue weighted by molar-refractivity contribution is 7.85. The average molecular weight is 349 g/mol. The molecule has 0 saturated heterocycles. The van der Waals surface area contributed by atoms with E-state index in [2.05, 4.69) is 25.5 Å². The molecule has 0 atom stereocenters. The van der Waals surface area contributed by atoms with E-state index in [0.29, 0.717) is 6.42 Å². The number of carbonyl (C=O) groups is 1. The van der Waals surface area contributed by atoms with Gasteiger partial charge in [0, 0.05) is 12.2 Å². The largest absolute Gasteiger partial charge is 0.748 e. The molecule has 0 bridgehead atoms. The number of esters is 1. The van der Waals surface area contributed by atoms with E-state index in [9.17, 15) is 17.8 Å². The summed E-state index contributed by atoms with van der Waals surface area (Å²) in [7, 11) is -4.06. The summed E-state index contributed by atoms with van der Waals surface area (Å²) in [4.78, 5) is 9.59. The van der Waals surface area contributed by atoms with Crippen LogP contribution in [0.1, 0.15) is 52.9 Å². The predicted molar refractivity (Wildman–Crippen MR) is 89.6 cm³/mol. The highest BCUT2D eigenvalue weighted by Crippen LogP contribution is 2.13. The second-order valence-electron chi connectivity index (χ2n) is 5.89. The third kappa shape index (κ3) is 11.3. The fourth-order valence-corrected chi connectivity index (χ4v) is 2.98. The molecule has 23 heavy (non-hydrogen) atoms. The third-order valence-corrected chi connectivity index (χ3v) is 4.85. The molecule has 0 aromatic heterocycles. The lowest BCUT2D eigenvalue weighted by Crippen LogP contribution is -2.50. The number of unbranched alkanes of at least 4 members (excludes halogenated alkanes) is 2. The Bertz CT molecular complexity index is 451. The second-order valence-corrected chi connectivity index (χ2v) is 7.41. The van der Waals surface area contributed by atoms with Crippen LogP contribution in [0.15, 0.2) is 12.3 Å². The smallest absolute Gasteiger partial charge is 0.338 e. The molecule has 7 heteroatoms. The van der Waals surface area contributed by atoms with Gasteiger partial charge in [0.1, 0.15) is 6.26 Å². The van der Waals surface area contributed by atoms with Gasteiger partial charge in [0.15, 0.2) is 0 Å². The number of quaternary nitrogens is 1. The molecule has 0 spiro atoms. The van der Waals surface area contributed by atoms with E-state index in [4.69, 9.17) is 0 Å². The average Bonchev–Trinajstić information content (AvgIpc) is 2.47. The molecule has 0 aromatic rings. The lowest BCUT2D eigenvalue weighted by Gasteiger charge is -2.38. The number of rotatable bonds is 11. The number of cyclic esters (lactones) is 1. The maximum Gasteiger partial charge on any atom is 0.338 e. The summed E-state index contributed by atoms with van der Waals surface area (Å²) in [5, 5.41) is 0. The summed E-state index contributed by atoms with van der Waals surface area (Å²) >= 11 is 0. The van der Waals surface area contributed by atoms with Gasteiger partial charge in [-0.25, -0.2) is 13.2 Å². The van der Waals surface area contributed by atoms with Crippen molar-refractivity contribution >= 4 is 16.1 Å². The number of carbonyl (C=O) groups excluding carboxylic acids is 1. The lowest BCUT2D eigenvalue weighted by atomic mass is 10.2. The summed E-state index contributed by atoms with van der Waals surface area (Å²) in [6.45, 7) is 10.6. The Morgan fingerprint density at radius 1 is 1.04 bits per heavy atom. The molecule has 136 valence electrons. The molecule has 6 nitrogen and oxygen atoms in total. The first kappa shape index (κ1) is 22.1. The van der Waals surface area contributed by atoms with Crippen LogP contribution in [0.25, 0.3) is 0 Å². The summed E-state index contributed by atoms with van der Waals surface area (Å²) in [6, 6.07) is 0. The van der Waals surface area contributed by atoms with Crippen LogP contribution in [-0.4, -0.2) is 55.4 Å².